The lowest BCUT2D eigenvalue weighted by atomic mass is 9.99. The monoisotopic (exact) mass is 360 g/mol. The fourth-order valence-corrected chi connectivity index (χ4v) is 3.02. The molecule has 116 valence electrons. The summed E-state index contributed by atoms with van der Waals surface area (Å²) in [5.74, 6) is 1.94. The van der Waals surface area contributed by atoms with Gasteiger partial charge in [0.05, 0.1) is 11.9 Å². The first kappa shape index (κ1) is 15.3. The molecule has 2 aromatic rings. The van der Waals surface area contributed by atoms with Gasteiger partial charge in [-0.15, -0.1) is 0 Å². The molecule has 1 aliphatic heterocycles. The first-order valence-electron chi connectivity index (χ1n) is 7.75. The highest BCUT2D eigenvalue weighted by atomic mass is 79.9. The van der Waals surface area contributed by atoms with Crippen molar-refractivity contribution < 1.29 is 0 Å². The van der Waals surface area contributed by atoms with Crippen LogP contribution < -0.4 is 10.2 Å². The predicted molar refractivity (Wildman–Crippen MR) is 94.1 cm³/mol. The van der Waals surface area contributed by atoms with Gasteiger partial charge in [-0.3, -0.25) is 4.98 Å². The highest BCUT2D eigenvalue weighted by Gasteiger charge is 2.16. The van der Waals surface area contributed by atoms with E-state index in [-0.39, 0.29) is 0 Å². The molecule has 3 rings (SSSR count). The Hall–Kier alpha value is -1.62. The van der Waals surface area contributed by atoms with E-state index in [0.717, 1.165) is 41.5 Å². The smallest absolute Gasteiger partial charge is 0.128 e. The summed E-state index contributed by atoms with van der Waals surface area (Å²) in [5.41, 5.74) is 2.18. The number of hydrogen-bond donors (Lipinski definition) is 1. The lowest BCUT2D eigenvalue weighted by molar-refractivity contribution is 0.436. The molecule has 2 aromatic heterocycles. The molecule has 0 spiro atoms. The normalized spacial score (nSPS) is 15.8. The molecule has 0 unspecified atom stereocenters. The minimum atomic E-state index is 0.752. The van der Waals surface area contributed by atoms with Crippen LogP contribution in [-0.4, -0.2) is 23.1 Å². The molecular formula is C17H21BrN4. The van der Waals surface area contributed by atoms with Crippen LogP contribution in [0.2, 0.25) is 0 Å². The van der Waals surface area contributed by atoms with Crippen molar-refractivity contribution in [1.82, 2.24) is 9.97 Å². The molecule has 0 bridgehead atoms. The molecule has 1 saturated heterocycles. The zero-order chi connectivity index (χ0) is 15.4. The molecule has 0 aliphatic carbocycles. The van der Waals surface area contributed by atoms with Crippen LogP contribution >= 0.6 is 15.9 Å². The van der Waals surface area contributed by atoms with Crippen LogP contribution in [0.15, 0.2) is 41.3 Å². The summed E-state index contributed by atoms with van der Waals surface area (Å²) in [6, 6.07) is 6.30. The Kier molecular flexibility index (Phi) is 4.93. The predicted octanol–water partition coefficient (Wildman–Crippen LogP) is 4.09. The maximum Gasteiger partial charge on any atom is 0.128 e. The van der Waals surface area contributed by atoms with Crippen molar-refractivity contribution in [3.8, 4) is 0 Å². The van der Waals surface area contributed by atoms with Gasteiger partial charge >= 0.3 is 0 Å². The van der Waals surface area contributed by atoms with Gasteiger partial charge in [-0.25, -0.2) is 4.98 Å². The van der Waals surface area contributed by atoms with Crippen LogP contribution in [0, 0.1) is 5.92 Å². The van der Waals surface area contributed by atoms with Crippen LogP contribution in [-0.2, 0) is 6.54 Å². The average molecular weight is 361 g/mol. The highest BCUT2D eigenvalue weighted by Crippen LogP contribution is 2.21. The lowest BCUT2D eigenvalue weighted by Gasteiger charge is -2.31. The molecule has 0 radical (unpaired) electrons. The molecule has 3 heterocycles. The van der Waals surface area contributed by atoms with Gasteiger partial charge in [0.1, 0.15) is 5.82 Å². The second-order valence-electron chi connectivity index (χ2n) is 5.94. The summed E-state index contributed by atoms with van der Waals surface area (Å²) >= 11 is 3.43. The molecule has 0 aromatic carbocycles. The number of pyridine rings is 2. The molecule has 4 nitrogen and oxygen atoms in total. The molecule has 0 amide bonds. The number of rotatable bonds is 4. The van der Waals surface area contributed by atoms with Gasteiger partial charge in [-0.2, -0.15) is 0 Å². The van der Waals surface area contributed by atoms with Crippen LogP contribution in [0.5, 0.6) is 0 Å². The average Bonchev–Trinajstić information content (AvgIpc) is 2.54. The van der Waals surface area contributed by atoms with Crippen molar-refractivity contribution in [2.75, 3.05) is 23.3 Å². The number of hydrogen-bond acceptors (Lipinski definition) is 4. The number of aromatic nitrogens is 2. The van der Waals surface area contributed by atoms with Crippen LogP contribution in [0.1, 0.15) is 25.3 Å². The van der Waals surface area contributed by atoms with E-state index in [1.54, 1.807) is 6.20 Å². The van der Waals surface area contributed by atoms with Crippen molar-refractivity contribution in [2.45, 2.75) is 26.3 Å². The Labute approximate surface area is 140 Å². The first-order chi connectivity index (χ1) is 10.7. The zero-order valence-corrected chi connectivity index (χ0v) is 14.4. The zero-order valence-electron chi connectivity index (χ0n) is 12.8. The number of nitrogens with one attached hydrogen (secondary N) is 1. The van der Waals surface area contributed by atoms with E-state index < -0.39 is 0 Å². The summed E-state index contributed by atoms with van der Waals surface area (Å²) in [7, 11) is 0. The van der Waals surface area contributed by atoms with E-state index >= 15 is 0 Å². The number of nitrogens with zero attached hydrogens (tertiary/aromatic N) is 3. The topological polar surface area (TPSA) is 41.0 Å². The maximum absolute atomic E-state index is 4.62. The van der Waals surface area contributed by atoms with Gasteiger partial charge < -0.3 is 10.2 Å². The molecule has 22 heavy (non-hydrogen) atoms. The quantitative estimate of drug-likeness (QED) is 0.891. The van der Waals surface area contributed by atoms with E-state index in [2.05, 4.69) is 55.2 Å². The number of halogens is 1. The molecule has 0 atom stereocenters. The van der Waals surface area contributed by atoms with Crippen molar-refractivity contribution in [2.24, 2.45) is 5.92 Å². The van der Waals surface area contributed by atoms with Crippen molar-refractivity contribution >= 4 is 27.4 Å². The van der Waals surface area contributed by atoms with E-state index in [1.165, 1.54) is 18.4 Å². The fraction of sp³-hybridized carbons (Fsp3) is 0.412. The van der Waals surface area contributed by atoms with Gasteiger partial charge in [0.15, 0.2) is 0 Å². The summed E-state index contributed by atoms with van der Waals surface area (Å²) < 4.78 is 0.977. The lowest BCUT2D eigenvalue weighted by Crippen LogP contribution is -2.33. The van der Waals surface area contributed by atoms with Gasteiger partial charge in [0.2, 0.25) is 0 Å². The maximum atomic E-state index is 4.62. The molecule has 1 fully saturated rings. The summed E-state index contributed by atoms with van der Waals surface area (Å²) in [6.07, 6.45) is 8.09. The van der Waals surface area contributed by atoms with E-state index in [1.807, 2.05) is 18.5 Å². The van der Waals surface area contributed by atoms with Crippen LogP contribution in [0.25, 0.3) is 0 Å². The third-order valence-electron chi connectivity index (χ3n) is 4.12. The van der Waals surface area contributed by atoms with E-state index in [9.17, 15) is 0 Å². The third-order valence-corrected chi connectivity index (χ3v) is 4.55. The summed E-state index contributed by atoms with van der Waals surface area (Å²) in [6.45, 7) is 5.32. The highest BCUT2D eigenvalue weighted by molar-refractivity contribution is 9.10. The molecule has 1 N–H and O–H groups in total. The Bertz CT molecular complexity index is 606. The van der Waals surface area contributed by atoms with Crippen molar-refractivity contribution in [1.29, 1.82) is 0 Å². The number of anilines is 2. The van der Waals surface area contributed by atoms with Crippen LogP contribution in [0.4, 0.5) is 11.5 Å². The fourth-order valence-electron chi connectivity index (χ4n) is 2.66. The third kappa shape index (κ3) is 3.97. The minimum Gasteiger partial charge on any atom is -0.380 e. The summed E-state index contributed by atoms with van der Waals surface area (Å²) in [4.78, 5) is 11.1. The van der Waals surface area contributed by atoms with Crippen molar-refractivity contribution in [3.05, 3.63) is 46.8 Å². The van der Waals surface area contributed by atoms with Crippen LogP contribution in [0.3, 0.4) is 0 Å². The van der Waals surface area contributed by atoms with E-state index in [0.29, 0.717) is 0 Å². The van der Waals surface area contributed by atoms with Gasteiger partial charge in [0, 0.05) is 36.5 Å². The number of piperidine rings is 1. The Morgan fingerprint density at radius 3 is 2.73 bits per heavy atom. The molecule has 5 heteroatoms. The van der Waals surface area contributed by atoms with Gasteiger partial charge in [-0.1, -0.05) is 13.0 Å². The largest absolute Gasteiger partial charge is 0.380 e. The molecule has 0 saturated carbocycles. The first-order valence-corrected chi connectivity index (χ1v) is 8.54. The van der Waals surface area contributed by atoms with Gasteiger partial charge in [-0.05, 0) is 52.4 Å². The Morgan fingerprint density at radius 2 is 2.05 bits per heavy atom. The molecular weight excluding hydrogens is 340 g/mol. The summed E-state index contributed by atoms with van der Waals surface area (Å²) in [5, 5.41) is 3.36. The van der Waals surface area contributed by atoms with Crippen molar-refractivity contribution in [3.63, 3.8) is 0 Å². The minimum absolute atomic E-state index is 0.752. The molecule has 1 aliphatic rings. The van der Waals surface area contributed by atoms with E-state index in [4.69, 9.17) is 0 Å². The second-order valence-corrected chi connectivity index (χ2v) is 6.86. The Morgan fingerprint density at radius 1 is 1.23 bits per heavy atom. The Balaban J connectivity index is 1.57. The van der Waals surface area contributed by atoms with Gasteiger partial charge in [0.25, 0.3) is 0 Å². The SMILES string of the molecule is CC1CCN(c2ccc(CNc3cncc(Br)c3)cn2)CC1. The standard InChI is InChI=1S/C17H21BrN4/c1-13-4-6-22(7-5-13)17-3-2-14(10-21-17)9-20-16-8-15(18)11-19-12-16/h2-3,8,10-13,20H,4-7,9H2,1H3. The second kappa shape index (κ2) is 7.09.